The number of carboxylic acid groups (broad SMARTS) is 1. The highest BCUT2D eigenvalue weighted by Gasteiger charge is 2.49. The number of alkyl halides is 3. The number of anilines is 2. The number of hydrogen-bond donors (Lipinski definition) is 2. The predicted octanol–water partition coefficient (Wildman–Crippen LogP) is 4.47. The fourth-order valence-corrected chi connectivity index (χ4v) is 6.24. The third-order valence-corrected chi connectivity index (χ3v) is 8.45. The van der Waals surface area contributed by atoms with Gasteiger partial charge in [-0.2, -0.15) is 13.2 Å². The Morgan fingerprint density at radius 2 is 1.79 bits per heavy atom. The highest BCUT2D eigenvalue weighted by molar-refractivity contribution is 5.94. The number of rotatable bonds is 7. The first kappa shape index (κ1) is 27.1. The fourth-order valence-electron chi connectivity index (χ4n) is 6.24. The molecule has 1 saturated carbocycles. The first-order valence-electron chi connectivity index (χ1n) is 13.2. The molecule has 3 aliphatic rings. The first-order valence-corrected chi connectivity index (χ1v) is 13.2. The molecule has 1 aromatic heterocycles. The Balaban J connectivity index is 1.31. The highest BCUT2D eigenvalue weighted by atomic mass is 19.4. The van der Waals surface area contributed by atoms with Gasteiger partial charge < -0.3 is 20.2 Å². The van der Waals surface area contributed by atoms with Gasteiger partial charge in [-0.15, -0.1) is 0 Å². The third-order valence-electron chi connectivity index (χ3n) is 8.45. The SMILES string of the molecule is CN1CCC(N(C)C(=O)c2ccc(Nc3ncc(C(F)(F)F)c(C[C@H]4[C@@H](C(=O)O)[C@H]5C=C[C@@H]4C5)n3)cc2)CC1. The molecule has 0 spiro atoms. The van der Waals surface area contributed by atoms with Crippen LogP contribution in [0.3, 0.4) is 0 Å². The summed E-state index contributed by atoms with van der Waals surface area (Å²) in [6, 6.07) is 6.84. The maximum Gasteiger partial charge on any atom is 0.419 e. The van der Waals surface area contributed by atoms with Crippen molar-refractivity contribution in [3.8, 4) is 0 Å². The van der Waals surface area contributed by atoms with Crippen LogP contribution in [0.2, 0.25) is 0 Å². The maximum atomic E-state index is 13.8. The van der Waals surface area contributed by atoms with Crippen molar-refractivity contribution in [1.82, 2.24) is 19.8 Å². The molecule has 1 amide bonds. The van der Waals surface area contributed by atoms with Gasteiger partial charge in [-0.25, -0.2) is 9.97 Å². The molecule has 2 bridgehead atoms. The summed E-state index contributed by atoms with van der Waals surface area (Å²) < 4.78 is 41.4. The van der Waals surface area contributed by atoms with E-state index in [4.69, 9.17) is 0 Å². The molecular formula is C28H32F3N5O3. The summed E-state index contributed by atoms with van der Waals surface area (Å²) in [6.07, 6.45) is 2.21. The largest absolute Gasteiger partial charge is 0.481 e. The lowest BCUT2D eigenvalue weighted by molar-refractivity contribution is -0.144. The van der Waals surface area contributed by atoms with Gasteiger partial charge in [-0.1, -0.05) is 12.2 Å². The van der Waals surface area contributed by atoms with Crippen molar-refractivity contribution in [3.05, 3.63) is 59.4 Å². The molecule has 1 aromatic carbocycles. The monoisotopic (exact) mass is 543 g/mol. The Labute approximate surface area is 224 Å². The van der Waals surface area contributed by atoms with E-state index in [0.717, 1.165) is 32.1 Å². The number of allylic oxidation sites excluding steroid dienone is 2. The third kappa shape index (κ3) is 5.63. The van der Waals surface area contributed by atoms with Gasteiger partial charge in [0.1, 0.15) is 0 Å². The average molecular weight is 544 g/mol. The van der Waals surface area contributed by atoms with E-state index < -0.39 is 29.5 Å². The fraction of sp³-hybridized carbons (Fsp3) is 0.500. The van der Waals surface area contributed by atoms with E-state index in [-0.39, 0.29) is 41.8 Å². The smallest absolute Gasteiger partial charge is 0.419 e. The number of aliphatic carboxylic acids is 1. The van der Waals surface area contributed by atoms with E-state index in [1.807, 2.05) is 19.2 Å². The lowest BCUT2D eigenvalue weighted by atomic mass is 9.80. The molecule has 8 nitrogen and oxygen atoms in total. The zero-order valence-corrected chi connectivity index (χ0v) is 21.9. The molecule has 4 atom stereocenters. The highest BCUT2D eigenvalue weighted by Crippen LogP contribution is 2.50. The Bertz CT molecular complexity index is 1260. The Morgan fingerprint density at radius 1 is 1.13 bits per heavy atom. The summed E-state index contributed by atoms with van der Waals surface area (Å²) in [7, 11) is 3.87. The predicted molar refractivity (Wildman–Crippen MR) is 138 cm³/mol. The van der Waals surface area contributed by atoms with Crippen LogP contribution in [0, 0.1) is 23.7 Å². The van der Waals surface area contributed by atoms with Gasteiger partial charge in [-0.3, -0.25) is 9.59 Å². The minimum Gasteiger partial charge on any atom is -0.481 e. The molecule has 39 heavy (non-hydrogen) atoms. The summed E-state index contributed by atoms with van der Waals surface area (Å²) >= 11 is 0. The second kappa shape index (κ2) is 10.6. The number of halogens is 3. The standard InChI is InChI=1S/C28H32F3N5O3/c1-35-11-9-20(10-12-35)36(2)25(37)16-5-7-19(8-6-16)33-27-32-15-22(28(29,30)31)23(34-27)14-21-17-3-4-18(13-17)24(21)26(38)39/h3-8,15,17-18,20-21,24H,9-14H2,1-2H3,(H,38,39)(H,32,33,34)/t17-,18+,21-,24+/m1/s1. The number of piperidine rings is 1. The second-order valence-corrected chi connectivity index (χ2v) is 10.9. The number of likely N-dealkylation sites (tertiary alicyclic amines) is 1. The van der Waals surface area contributed by atoms with E-state index in [1.54, 1.807) is 29.2 Å². The molecule has 2 N–H and O–H groups in total. The summed E-state index contributed by atoms with van der Waals surface area (Å²) in [6.45, 7) is 1.88. The average Bonchev–Trinajstić information content (AvgIpc) is 3.50. The van der Waals surface area contributed by atoms with E-state index in [2.05, 4.69) is 27.2 Å². The van der Waals surface area contributed by atoms with Crippen LogP contribution >= 0.6 is 0 Å². The van der Waals surface area contributed by atoms with Crippen LogP contribution in [-0.4, -0.2) is 70.0 Å². The number of nitrogens with zero attached hydrogens (tertiary/aromatic N) is 4. The molecule has 208 valence electrons. The van der Waals surface area contributed by atoms with Crippen molar-refractivity contribution in [2.45, 2.75) is 37.9 Å². The number of fused-ring (bicyclic) bond motifs is 2. The zero-order valence-electron chi connectivity index (χ0n) is 21.9. The number of carbonyl (C=O) groups is 2. The summed E-state index contributed by atoms with van der Waals surface area (Å²) in [5.41, 5.74) is -0.142. The summed E-state index contributed by atoms with van der Waals surface area (Å²) in [5, 5.41) is 12.6. The topological polar surface area (TPSA) is 98.7 Å². The number of hydrogen-bond acceptors (Lipinski definition) is 6. The van der Waals surface area contributed by atoms with Crippen LogP contribution in [0.5, 0.6) is 0 Å². The van der Waals surface area contributed by atoms with Gasteiger partial charge in [0.2, 0.25) is 5.95 Å². The summed E-state index contributed by atoms with van der Waals surface area (Å²) in [5.74, 6) is -2.54. The number of nitrogens with one attached hydrogen (secondary N) is 1. The maximum absolute atomic E-state index is 13.8. The van der Waals surface area contributed by atoms with Crippen molar-refractivity contribution in [2.24, 2.45) is 23.7 Å². The molecule has 0 radical (unpaired) electrons. The molecule has 0 unspecified atom stereocenters. The first-order chi connectivity index (χ1) is 18.5. The Morgan fingerprint density at radius 3 is 2.44 bits per heavy atom. The normalized spacial score (nSPS) is 25.2. The quantitative estimate of drug-likeness (QED) is 0.497. The van der Waals surface area contributed by atoms with Crippen molar-refractivity contribution in [1.29, 1.82) is 0 Å². The van der Waals surface area contributed by atoms with E-state index in [9.17, 15) is 27.9 Å². The van der Waals surface area contributed by atoms with E-state index >= 15 is 0 Å². The van der Waals surface area contributed by atoms with Crippen molar-refractivity contribution in [3.63, 3.8) is 0 Å². The van der Waals surface area contributed by atoms with Gasteiger partial charge in [0.05, 0.1) is 17.2 Å². The van der Waals surface area contributed by atoms with Crippen LogP contribution in [0.1, 0.15) is 40.9 Å². The van der Waals surface area contributed by atoms with Crippen LogP contribution in [0.25, 0.3) is 0 Å². The van der Waals surface area contributed by atoms with Gasteiger partial charge in [0, 0.05) is 30.5 Å². The lowest BCUT2D eigenvalue weighted by Gasteiger charge is -2.35. The molecule has 11 heteroatoms. The lowest BCUT2D eigenvalue weighted by Crippen LogP contribution is -2.44. The molecular weight excluding hydrogens is 511 g/mol. The number of benzene rings is 1. The molecule has 1 saturated heterocycles. The molecule has 5 rings (SSSR count). The van der Waals surface area contributed by atoms with Gasteiger partial charge in [0.15, 0.2) is 0 Å². The molecule has 1 aliphatic heterocycles. The molecule has 2 aliphatic carbocycles. The van der Waals surface area contributed by atoms with Crippen molar-refractivity contribution >= 4 is 23.5 Å². The second-order valence-electron chi connectivity index (χ2n) is 10.9. The number of carbonyl (C=O) groups excluding carboxylic acids is 1. The van der Waals surface area contributed by atoms with E-state index in [0.29, 0.717) is 17.7 Å². The van der Waals surface area contributed by atoms with E-state index in [1.165, 1.54) is 0 Å². The van der Waals surface area contributed by atoms with Crippen LogP contribution < -0.4 is 5.32 Å². The number of amides is 1. The minimum absolute atomic E-state index is 0.0221. The molecule has 2 heterocycles. The van der Waals surface area contributed by atoms with Gasteiger partial charge in [-0.05, 0) is 87.8 Å². The molecule has 2 fully saturated rings. The Hall–Kier alpha value is -3.47. The van der Waals surface area contributed by atoms with Gasteiger partial charge >= 0.3 is 12.1 Å². The number of carboxylic acids is 1. The van der Waals surface area contributed by atoms with Crippen molar-refractivity contribution in [2.75, 3.05) is 32.5 Å². The Kier molecular flexibility index (Phi) is 7.37. The van der Waals surface area contributed by atoms with Crippen LogP contribution in [-0.2, 0) is 17.4 Å². The zero-order chi connectivity index (χ0) is 27.9. The van der Waals surface area contributed by atoms with Gasteiger partial charge in [0.25, 0.3) is 5.91 Å². The van der Waals surface area contributed by atoms with Crippen molar-refractivity contribution < 1.29 is 27.9 Å². The van der Waals surface area contributed by atoms with Crippen LogP contribution in [0.15, 0.2) is 42.6 Å². The molecule has 2 aromatic rings. The van der Waals surface area contributed by atoms with Crippen LogP contribution in [0.4, 0.5) is 24.8 Å². The number of aromatic nitrogens is 2. The minimum atomic E-state index is -4.66. The summed E-state index contributed by atoms with van der Waals surface area (Å²) in [4.78, 5) is 36.9.